The number of benzene rings is 1. The first-order valence-electron chi connectivity index (χ1n) is 5.71. The Morgan fingerprint density at radius 3 is 2.55 bits per heavy atom. The molecular formula is C12H8Cl2F3N3O2. The lowest BCUT2D eigenvalue weighted by Crippen LogP contribution is -2.13. The third kappa shape index (κ3) is 3.12. The van der Waals surface area contributed by atoms with E-state index < -0.39 is 28.5 Å². The van der Waals surface area contributed by atoms with Crippen molar-refractivity contribution in [3.05, 3.63) is 39.6 Å². The van der Waals surface area contributed by atoms with Crippen LogP contribution >= 0.6 is 23.2 Å². The average molecular weight is 354 g/mol. The van der Waals surface area contributed by atoms with E-state index in [2.05, 4.69) is 10.4 Å². The van der Waals surface area contributed by atoms with E-state index in [0.717, 1.165) is 7.05 Å². The fourth-order valence-corrected chi connectivity index (χ4v) is 2.27. The maximum Gasteiger partial charge on any atom is 0.434 e. The molecule has 1 aromatic heterocycles. The number of phenolic OH excluding ortho intramolecular Hbond substituents is 1. The van der Waals surface area contributed by atoms with Crippen LogP contribution < -0.4 is 5.32 Å². The summed E-state index contributed by atoms with van der Waals surface area (Å²) in [5.74, 6) is -1.31. The molecule has 10 heteroatoms. The minimum atomic E-state index is -4.75. The van der Waals surface area contributed by atoms with Crippen LogP contribution in [0.15, 0.2) is 18.2 Å². The highest BCUT2D eigenvalue weighted by Gasteiger charge is 2.40. The van der Waals surface area contributed by atoms with Crippen LogP contribution in [0.3, 0.4) is 0 Å². The number of aryl methyl sites for hydroxylation is 1. The SMILES string of the molecule is Cn1nc(C(=O)Nc2cc(Cl)ccc2O)c(Cl)c1C(F)(F)F. The average Bonchev–Trinajstić information content (AvgIpc) is 2.68. The Labute approximate surface area is 132 Å². The molecule has 0 bridgehead atoms. The molecule has 5 nitrogen and oxygen atoms in total. The van der Waals surface area contributed by atoms with E-state index in [4.69, 9.17) is 23.2 Å². The number of nitrogens with zero attached hydrogens (tertiary/aromatic N) is 2. The fraction of sp³-hybridized carbons (Fsp3) is 0.167. The molecule has 0 aliphatic heterocycles. The first-order valence-corrected chi connectivity index (χ1v) is 6.46. The molecule has 0 fully saturated rings. The van der Waals surface area contributed by atoms with Gasteiger partial charge in [-0.15, -0.1) is 0 Å². The zero-order valence-corrected chi connectivity index (χ0v) is 12.4. The van der Waals surface area contributed by atoms with Crippen molar-refractivity contribution >= 4 is 34.8 Å². The lowest BCUT2D eigenvalue weighted by molar-refractivity contribution is -0.143. The number of nitrogens with one attached hydrogen (secondary N) is 1. The van der Waals surface area contributed by atoms with Crippen LogP contribution in [0.4, 0.5) is 18.9 Å². The quantitative estimate of drug-likeness (QED) is 0.808. The molecule has 2 N–H and O–H groups in total. The molecule has 2 rings (SSSR count). The maximum absolute atomic E-state index is 12.8. The molecule has 1 heterocycles. The van der Waals surface area contributed by atoms with Gasteiger partial charge in [0.15, 0.2) is 11.4 Å². The summed E-state index contributed by atoms with van der Waals surface area (Å²) in [4.78, 5) is 12.0. The first kappa shape index (κ1) is 16.4. The Kier molecular flexibility index (Phi) is 4.25. The van der Waals surface area contributed by atoms with E-state index >= 15 is 0 Å². The molecule has 118 valence electrons. The first-order chi connectivity index (χ1) is 10.1. The van der Waals surface area contributed by atoms with Crippen molar-refractivity contribution in [3.63, 3.8) is 0 Å². The number of amides is 1. The minimum absolute atomic E-state index is 0.0761. The van der Waals surface area contributed by atoms with Crippen LogP contribution in [0.1, 0.15) is 16.2 Å². The predicted octanol–water partition coefficient (Wildman–Crippen LogP) is 3.70. The third-order valence-corrected chi connectivity index (χ3v) is 3.27. The molecule has 0 atom stereocenters. The van der Waals surface area contributed by atoms with Crippen molar-refractivity contribution in [2.45, 2.75) is 6.18 Å². The molecule has 22 heavy (non-hydrogen) atoms. The predicted molar refractivity (Wildman–Crippen MR) is 74.3 cm³/mol. The summed E-state index contributed by atoms with van der Waals surface area (Å²) in [5.41, 5.74) is -1.93. The molecule has 0 saturated carbocycles. The molecule has 0 spiro atoms. The second-order valence-electron chi connectivity index (χ2n) is 4.25. The Bertz CT molecular complexity index is 744. The van der Waals surface area contributed by atoms with Crippen LogP contribution in [0.5, 0.6) is 5.75 Å². The van der Waals surface area contributed by atoms with Crippen LogP contribution in [-0.2, 0) is 13.2 Å². The minimum Gasteiger partial charge on any atom is -0.506 e. The molecule has 1 aromatic carbocycles. The smallest absolute Gasteiger partial charge is 0.434 e. The van der Waals surface area contributed by atoms with Crippen LogP contribution in [0, 0.1) is 0 Å². The summed E-state index contributed by atoms with van der Waals surface area (Å²) in [6, 6.07) is 3.83. The largest absolute Gasteiger partial charge is 0.506 e. The number of carbonyl (C=O) groups excluding carboxylic acids is 1. The van der Waals surface area contributed by atoms with Crippen LogP contribution in [0.2, 0.25) is 10.0 Å². The second-order valence-corrected chi connectivity index (χ2v) is 5.06. The summed E-state index contributed by atoms with van der Waals surface area (Å²) in [6.45, 7) is 0. The Balaban J connectivity index is 2.37. The van der Waals surface area contributed by atoms with Crippen LogP contribution in [0.25, 0.3) is 0 Å². The number of halogens is 5. The Morgan fingerprint density at radius 1 is 1.36 bits per heavy atom. The Morgan fingerprint density at radius 2 is 2.00 bits per heavy atom. The molecule has 2 aromatic rings. The van der Waals surface area contributed by atoms with Crippen molar-refractivity contribution in [2.75, 3.05) is 5.32 Å². The van der Waals surface area contributed by atoms with Gasteiger partial charge in [0.2, 0.25) is 0 Å². The number of hydrogen-bond acceptors (Lipinski definition) is 3. The van der Waals surface area contributed by atoms with Gasteiger partial charge in [-0.2, -0.15) is 18.3 Å². The van der Waals surface area contributed by atoms with Crippen molar-refractivity contribution < 1.29 is 23.1 Å². The number of carbonyl (C=O) groups is 1. The molecule has 0 radical (unpaired) electrons. The molecule has 0 aliphatic rings. The van der Waals surface area contributed by atoms with E-state index in [1.165, 1.54) is 18.2 Å². The highest BCUT2D eigenvalue weighted by Crippen LogP contribution is 2.36. The number of phenols is 1. The van der Waals surface area contributed by atoms with Gasteiger partial charge in [-0.3, -0.25) is 9.48 Å². The van der Waals surface area contributed by atoms with E-state index in [-0.39, 0.29) is 16.5 Å². The van der Waals surface area contributed by atoms with E-state index in [9.17, 15) is 23.1 Å². The van der Waals surface area contributed by atoms with E-state index in [0.29, 0.717) is 4.68 Å². The number of aromatic nitrogens is 2. The molecule has 1 amide bonds. The fourth-order valence-electron chi connectivity index (χ4n) is 1.74. The van der Waals surface area contributed by atoms with Gasteiger partial charge in [-0.1, -0.05) is 23.2 Å². The summed E-state index contributed by atoms with van der Waals surface area (Å²) in [7, 11) is 1.02. The van der Waals surface area contributed by atoms with E-state index in [1.807, 2.05) is 0 Å². The van der Waals surface area contributed by atoms with Crippen molar-refractivity contribution in [2.24, 2.45) is 7.05 Å². The highest BCUT2D eigenvalue weighted by molar-refractivity contribution is 6.35. The van der Waals surface area contributed by atoms with Gasteiger partial charge >= 0.3 is 6.18 Å². The zero-order valence-electron chi connectivity index (χ0n) is 10.9. The maximum atomic E-state index is 12.8. The van der Waals surface area contributed by atoms with Gasteiger partial charge in [0, 0.05) is 12.1 Å². The lowest BCUT2D eigenvalue weighted by Gasteiger charge is -2.07. The summed E-state index contributed by atoms with van der Waals surface area (Å²) < 4.78 is 38.9. The number of anilines is 1. The van der Waals surface area contributed by atoms with Crippen molar-refractivity contribution in [1.29, 1.82) is 0 Å². The van der Waals surface area contributed by atoms with Crippen molar-refractivity contribution in [1.82, 2.24) is 9.78 Å². The number of aromatic hydroxyl groups is 1. The third-order valence-electron chi connectivity index (χ3n) is 2.68. The van der Waals surface area contributed by atoms with Crippen LogP contribution in [-0.4, -0.2) is 20.8 Å². The Hall–Kier alpha value is -1.93. The summed E-state index contributed by atoms with van der Waals surface area (Å²) in [6.07, 6.45) is -4.75. The van der Waals surface area contributed by atoms with Crippen molar-refractivity contribution in [3.8, 4) is 5.75 Å². The lowest BCUT2D eigenvalue weighted by atomic mass is 10.2. The van der Waals surface area contributed by atoms with Gasteiger partial charge in [-0.25, -0.2) is 0 Å². The van der Waals surface area contributed by atoms with Gasteiger partial charge in [0.05, 0.1) is 5.69 Å². The summed E-state index contributed by atoms with van der Waals surface area (Å²) >= 11 is 11.3. The number of rotatable bonds is 2. The second kappa shape index (κ2) is 5.69. The highest BCUT2D eigenvalue weighted by atomic mass is 35.5. The monoisotopic (exact) mass is 353 g/mol. The number of hydrogen-bond donors (Lipinski definition) is 2. The number of alkyl halides is 3. The molecule has 0 unspecified atom stereocenters. The van der Waals surface area contributed by atoms with Gasteiger partial charge in [0.1, 0.15) is 10.8 Å². The molecule has 0 aliphatic carbocycles. The van der Waals surface area contributed by atoms with Gasteiger partial charge in [0.25, 0.3) is 5.91 Å². The normalized spacial score (nSPS) is 11.5. The topological polar surface area (TPSA) is 67.2 Å². The molecule has 0 saturated heterocycles. The summed E-state index contributed by atoms with van der Waals surface area (Å²) in [5, 5.41) is 14.6. The van der Waals surface area contributed by atoms with Gasteiger partial charge < -0.3 is 10.4 Å². The molecular weight excluding hydrogens is 346 g/mol. The zero-order chi connectivity index (χ0) is 16.7. The van der Waals surface area contributed by atoms with E-state index in [1.54, 1.807) is 0 Å². The standard InChI is InChI=1S/C12H8Cl2F3N3O2/c1-20-10(12(15,16)17)8(14)9(19-20)11(22)18-6-4-5(13)2-3-7(6)21/h2-4,21H,1H3,(H,18,22). The van der Waals surface area contributed by atoms with Gasteiger partial charge in [-0.05, 0) is 18.2 Å².